The SMILES string of the molecule is Cc1noc(C)c1CN(Cc1ccc(F)cc1)C1CC1. The minimum absolute atomic E-state index is 0.183. The summed E-state index contributed by atoms with van der Waals surface area (Å²) in [6.45, 7) is 5.63. The minimum Gasteiger partial charge on any atom is -0.361 e. The van der Waals surface area contributed by atoms with Gasteiger partial charge in [0.1, 0.15) is 11.6 Å². The number of aromatic nitrogens is 1. The molecule has 0 amide bonds. The number of nitrogens with zero attached hydrogens (tertiary/aromatic N) is 2. The van der Waals surface area contributed by atoms with Gasteiger partial charge in [-0.3, -0.25) is 4.90 Å². The molecule has 0 atom stereocenters. The van der Waals surface area contributed by atoms with Crippen LogP contribution in [0.1, 0.15) is 35.4 Å². The molecule has 1 aromatic heterocycles. The summed E-state index contributed by atoms with van der Waals surface area (Å²) in [7, 11) is 0. The van der Waals surface area contributed by atoms with Crippen LogP contribution in [-0.4, -0.2) is 16.1 Å². The van der Waals surface area contributed by atoms with E-state index in [2.05, 4.69) is 10.1 Å². The van der Waals surface area contributed by atoms with Crippen molar-refractivity contribution in [1.29, 1.82) is 0 Å². The Balaban J connectivity index is 1.74. The van der Waals surface area contributed by atoms with Gasteiger partial charge in [-0.15, -0.1) is 0 Å². The Kier molecular flexibility index (Phi) is 3.57. The Hall–Kier alpha value is -1.68. The Morgan fingerprint density at radius 3 is 2.45 bits per heavy atom. The van der Waals surface area contributed by atoms with E-state index in [0.717, 1.165) is 30.1 Å². The molecule has 0 spiro atoms. The molecule has 1 aromatic carbocycles. The van der Waals surface area contributed by atoms with E-state index in [1.807, 2.05) is 26.0 Å². The van der Waals surface area contributed by atoms with Crippen LogP contribution in [0.4, 0.5) is 4.39 Å². The van der Waals surface area contributed by atoms with E-state index in [0.29, 0.717) is 6.04 Å². The van der Waals surface area contributed by atoms with Crippen LogP contribution in [0.25, 0.3) is 0 Å². The second-order valence-corrected chi connectivity index (χ2v) is 5.57. The number of rotatable bonds is 5. The number of hydrogen-bond acceptors (Lipinski definition) is 3. The van der Waals surface area contributed by atoms with Crippen molar-refractivity contribution in [1.82, 2.24) is 10.1 Å². The maximum Gasteiger partial charge on any atom is 0.138 e. The zero-order valence-electron chi connectivity index (χ0n) is 11.9. The summed E-state index contributed by atoms with van der Waals surface area (Å²) >= 11 is 0. The third kappa shape index (κ3) is 2.90. The maximum absolute atomic E-state index is 13.0. The predicted octanol–water partition coefficient (Wildman–Crippen LogP) is 3.60. The van der Waals surface area contributed by atoms with E-state index in [1.54, 1.807) is 0 Å². The van der Waals surface area contributed by atoms with E-state index in [4.69, 9.17) is 4.52 Å². The van der Waals surface area contributed by atoms with E-state index in [9.17, 15) is 4.39 Å². The number of benzene rings is 1. The Morgan fingerprint density at radius 1 is 1.20 bits per heavy atom. The molecule has 1 fully saturated rings. The summed E-state index contributed by atoms with van der Waals surface area (Å²) in [5.41, 5.74) is 3.29. The predicted molar refractivity (Wildman–Crippen MR) is 74.6 cm³/mol. The molecule has 1 heterocycles. The summed E-state index contributed by atoms with van der Waals surface area (Å²) < 4.78 is 18.2. The van der Waals surface area contributed by atoms with Gasteiger partial charge in [0.2, 0.25) is 0 Å². The molecule has 0 bridgehead atoms. The Labute approximate surface area is 118 Å². The van der Waals surface area contributed by atoms with Gasteiger partial charge in [0, 0.05) is 24.7 Å². The molecule has 3 nitrogen and oxygen atoms in total. The van der Waals surface area contributed by atoms with Crippen molar-refractivity contribution in [3.05, 3.63) is 52.7 Å². The van der Waals surface area contributed by atoms with Crippen LogP contribution in [0.15, 0.2) is 28.8 Å². The van der Waals surface area contributed by atoms with Crippen molar-refractivity contribution in [2.75, 3.05) is 0 Å². The second kappa shape index (κ2) is 5.37. The van der Waals surface area contributed by atoms with Crippen LogP contribution >= 0.6 is 0 Å². The third-order valence-electron chi connectivity index (χ3n) is 3.90. The lowest BCUT2D eigenvalue weighted by atomic mass is 10.1. The first-order valence-electron chi connectivity index (χ1n) is 7.03. The monoisotopic (exact) mass is 274 g/mol. The molecule has 1 aliphatic rings. The minimum atomic E-state index is -0.183. The van der Waals surface area contributed by atoms with Crippen LogP contribution in [0.5, 0.6) is 0 Å². The summed E-state index contributed by atoms with van der Waals surface area (Å²) in [6.07, 6.45) is 2.48. The van der Waals surface area contributed by atoms with Crippen molar-refractivity contribution in [2.45, 2.75) is 45.8 Å². The zero-order chi connectivity index (χ0) is 14.1. The van der Waals surface area contributed by atoms with Gasteiger partial charge in [0.15, 0.2) is 0 Å². The zero-order valence-corrected chi connectivity index (χ0v) is 11.9. The van der Waals surface area contributed by atoms with Gasteiger partial charge in [0.05, 0.1) is 5.69 Å². The molecule has 1 saturated carbocycles. The van der Waals surface area contributed by atoms with E-state index in [1.165, 1.54) is 30.5 Å². The van der Waals surface area contributed by atoms with Gasteiger partial charge in [-0.1, -0.05) is 17.3 Å². The van der Waals surface area contributed by atoms with E-state index in [-0.39, 0.29) is 5.82 Å². The standard InChI is InChI=1S/C16H19FN2O/c1-11-16(12(2)20-18-11)10-19(15-7-8-15)9-13-3-5-14(17)6-4-13/h3-6,15H,7-10H2,1-2H3. The summed E-state index contributed by atoms with van der Waals surface area (Å²) in [4.78, 5) is 2.43. The highest BCUT2D eigenvalue weighted by atomic mass is 19.1. The molecule has 2 aromatic rings. The summed E-state index contributed by atoms with van der Waals surface area (Å²) in [6, 6.07) is 7.40. The highest BCUT2D eigenvalue weighted by Gasteiger charge is 2.30. The molecule has 0 unspecified atom stereocenters. The summed E-state index contributed by atoms with van der Waals surface area (Å²) in [5.74, 6) is 0.713. The van der Waals surface area contributed by atoms with Crippen LogP contribution in [0.2, 0.25) is 0 Å². The first-order chi connectivity index (χ1) is 9.63. The van der Waals surface area contributed by atoms with Crippen molar-refractivity contribution in [2.24, 2.45) is 0 Å². The van der Waals surface area contributed by atoms with Gasteiger partial charge < -0.3 is 4.52 Å². The van der Waals surface area contributed by atoms with Crippen LogP contribution < -0.4 is 0 Å². The lowest BCUT2D eigenvalue weighted by Crippen LogP contribution is -2.25. The van der Waals surface area contributed by atoms with Crippen molar-refractivity contribution in [3.8, 4) is 0 Å². The molecule has 3 rings (SSSR count). The molecule has 1 aliphatic carbocycles. The highest BCUT2D eigenvalue weighted by molar-refractivity contribution is 5.22. The topological polar surface area (TPSA) is 29.3 Å². The van der Waals surface area contributed by atoms with Crippen LogP contribution in [0, 0.1) is 19.7 Å². The highest BCUT2D eigenvalue weighted by Crippen LogP contribution is 2.31. The first-order valence-corrected chi connectivity index (χ1v) is 7.03. The quantitative estimate of drug-likeness (QED) is 0.834. The van der Waals surface area contributed by atoms with Gasteiger partial charge in [0.25, 0.3) is 0 Å². The Bertz CT molecular complexity index is 568. The molecule has 20 heavy (non-hydrogen) atoms. The number of aryl methyl sites for hydroxylation is 2. The van der Waals surface area contributed by atoms with Gasteiger partial charge >= 0.3 is 0 Å². The van der Waals surface area contributed by atoms with Gasteiger partial charge in [-0.25, -0.2) is 4.39 Å². The number of halogens is 1. The van der Waals surface area contributed by atoms with E-state index < -0.39 is 0 Å². The molecule has 106 valence electrons. The molecule has 0 saturated heterocycles. The van der Waals surface area contributed by atoms with Crippen LogP contribution in [0.3, 0.4) is 0 Å². The maximum atomic E-state index is 13.0. The second-order valence-electron chi connectivity index (χ2n) is 5.57. The first kappa shape index (κ1) is 13.3. The Morgan fingerprint density at radius 2 is 1.90 bits per heavy atom. The van der Waals surface area contributed by atoms with Crippen molar-refractivity contribution < 1.29 is 8.91 Å². The summed E-state index contributed by atoms with van der Waals surface area (Å²) in [5, 5.41) is 4.02. The molecule has 4 heteroatoms. The normalized spacial score (nSPS) is 15.0. The van der Waals surface area contributed by atoms with Gasteiger partial charge in [-0.2, -0.15) is 0 Å². The van der Waals surface area contributed by atoms with E-state index >= 15 is 0 Å². The molecular weight excluding hydrogens is 255 g/mol. The average molecular weight is 274 g/mol. The average Bonchev–Trinajstić information content (AvgIpc) is 3.22. The number of hydrogen-bond donors (Lipinski definition) is 0. The lowest BCUT2D eigenvalue weighted by Gasteiger charge is -2.22. The third-order valence-corrected chi connectivity index (χ3v) is 3.90. The molecular formula is C16H19FN2O. The molecule has 0 N–H and O–H groups in total. The smallest absolute Gasteiger partial charge is 0.138 e. The molecule has 0 radical (unpaired) electrons. The van der Waals surface area contributed by atoms with Crippen molar-refractivity contribution >= 4 is 0 Å². The fourth-order valence-corrected chi connectivity index (χ4v) is 2.51. The fourth-order valence-electron chi connectivity index (χ4n) is 2.51. The largest absolute Gasteiger partial charge is 0.361 e. The fraction of sp³-hybridized carbons (Fsp3) is 0.438. The molecule has 0 aliphatic heterocycles. The lowest BCUT2D eigenvalue weighted by molar-refractivity contribution is 0.243. The van der Waals surface area contributed by atoms with Crippen molar-refractivity contribution in [3.63, 3.8) is 0 Å². The van der Waals surface area contributed by atoms with Gasteiger partial charge in [-0.05, 0) is 44.4 Å². The van der Waals surface area contributed by atoms with Crippen LogP contribution in [-0.2, 0) is 13.1 Å².